The highest BCUT2D eigenvalue weighted by molar-refractivity contribution is 6.31. The number of para-hydroxylation sites is 3. The fraction of sp³-hybridized carbons (Fsp3) is 0.286. The third-order valence-corrected chi connectivity index (χ3v) is 9.16. The van der Waals surface area contributed by atoms with E-state index >= 15 is 0 Å². The molecule has 2 aromatic heterocycles. The second kappa shape index (κ2) is 13.2. The Morgan fingerprint density at radius 3 is 2.48 bits per heavy atom. The first-order valence-electron chi connectivity index (χ1n) is 15.3. The van der Waals surface area contributed by atoms with E-state index in [2.05, 4.69) is 37.4 Å². The first-order valence-corrected chi connectivity index (χ1v) is 15.7. The minimum Gasteiger partial charge on any atom is -0.454 e. The fourth-order valence-corrected chi connectivity index (χ4v) is 6.50. The van der Waals surface area contributed by atoms with Crippen LogP contribution in [0.4, 0.5) is 5.69 Å². The molecule has 5 aromatic rings. The number of likely N-dealkylation sites (N-methyl/N-ethyl adjacent to an activating group) is 1. The van der Waals surface area contributed by atoms with E-state index in [-0.39, 0.29) is 18.3 Å². The van der Waals surface area contributed by atoms with Gasteiger partial charge in [0.1, 0.15) is 17.3 Å². The third kappa shape index (κ3) is 5.98. The summed E-state index contributed by atoms with van der Waals surface area (Å²) in [6, 6.07) is 21.7. The number of imidazole rings is 1. The predicted octanol–water partition coefficient (Wildman–Crippen LogP) is 6.60. The van der Waals surface area contributed by atoms with Crippen LogP contribution in [0.15, 0.2) is 78.0 Å². The molecule has 0 radical (unpaired) electrons. The van der Waals surface area contributed by atoms with E-state index in [1.54, 1.807) is 6.33 Å². The molecule has 8 rings (SSSR count). The van der Waals surface area contributed by atoms with Crippen LogP contribution < -0.4 is 4.74 Å². The standard InChI is InChI=1S/C18H18ClN3O.C17H18N4O.ClH/c1-21-8-10-22(11-9-21)18-14-12-13(19)6-7-16(14)23-17-5-3-2-4-15(17)20-18;1-11-13(19-10-18-11)9-21-8-7-15-16(17(21)22)12-5-3-4-6-14(12)20(15)2;/h2-7,12H,8-11H2,1H3;3-6,10H,7-9H2,1-2H3,(H,18,19);1H. The minimum atomic E-state index is 0. The van der Waals surface area contributed by atoms with Crippen LogP contribution >= 0.6 is 24.0 Å². The van der Waals surface area contributed by atoms with Crippen LogP contribution in [-0.2, 0) is 20.0 Å². The molecule has 0 spiro atoms. The molecule has 0 unspecified atom stereocenters. The largest absolute Gasteiger partial charge is 0.454 e. The number of nitrogens with zero attached hydrogens (tertiary/aromatic N) is 6. The number of aromatic nitrogens is 3. The Morgan fingerprint density at radius 1 is 0.935 bits per heavy atom. The highest BCUT2D eigenvalue weighted by atomic mass is 35.5. The van der Waals surface area contributed by atoms with Crippen molar-refractivity contribution in [1.29, 1.82) is 0 Å². The van der Waals surface area contributed by atoms with Crippen LogP contribution in [0.1, 0.15) is 33.0 Å². The molecule has 3 aliphatic rings. The maximum Gasteiger partial charge on any atom is 0.256 e. The molecule has 0 atom stereocenters. The van der Waals surface area contributed by atoms with Crippen molar-refractivity contribution in [2.45, 2.75) is 19.9 Å². The number of aromatic amines is 1. The number of nitrogens with one attached hydrogen (secondary N) is 1. The molecule has 46 heavy (non-hydrogen) atoms. The van der Waals surface area contributed by atoms with Crippen molar-refractivity contribution in [3.63, 3.8) is 0 Å². The summed E-state index contributed by atoms with van der Waals surface area (Å²) >= 11 is 6.23. The average molecular weight is 659 g/mol. The number of carbonyl (C=O) groups is 1. The van der Waals surface area contributed by atoms with Crippen LogP contribution in [0.2, 0.25) is 5.02 Å². The Hall–Kier alpha value is -4.31. The maximum absolute atomic E-state index is 13.0. The number of hydrogen-bond acceptors (Lipinski definition) is 6. The molecule has 3 aliphatic heterocycles. The number of rotatable bonds is 2. The second-order valence-corrected chi connectivity index (χ2v) is 12.2. The summed E-state index contributed by atoms with van der Waals surface area (Å²) in [4.78, 5) is 31.8. The van der Waals surface area contributed by atoms with Crippen molar-refractivity contribution < 1.29 is 9.53 Å². The molecule has 238 valence electrons. The van der Waals surface area contributed by atoms with Crippen LogP contribution in [0.25, 0.3) is 10.9 Å². The molecule has 9 nitrogen and oxygen atoms in total. The van der Waals surface area contributed by atoms with Crippen molar-refractivity contribution >= 4 is 52.3 Å². The molecule has 5 heterocycles. The molecule has 1 N–H and O–H groups in total. The summed E-state index contributed by atoms with van der Waals surface area (Å²) in [6.07, 6.45) is 2.57. The van der Waals surface area contributed by atoms with Gasteiger partial charge in [0.15, 0.2) is 5.75 Å². The Balaban J connectivity index is 0.000000158. The lowest BCUT2D eigenvalue weighted by molar-refractivity contribution is 0.0725. The predicted molar refractivity (Wildman–Crippen MR) is 185 cm³/mol. The lowest BCUT2D eigenvalue weighted by Gasteiger charge is -2.34. The van der Waals surface area contributed by atoms with Crippen molar-refractivity contribution in [3.05, 3.63) is 106 Å². The van der Waals surface area contributed by atoms with Gasteiger partial charge in [-0.05, 0) is 50.4 Å². The summed E-state index contributed by atoms with van der Waals surface area (Å²) in [6.45, 7) is 7.24. The number of benzene rings is 3. The number of piperazine rings is 1. The van der Waals surface area contributed by atoms with Crippen LogP contribution in [-0.4, -0.2) is 80.7 Å². The second-order valence-electron chi connectivity index (χ2n) is 11.8. The smallest absolute Gasteiger partial charge is 0.256 e. The Morgan fingerprint density at radius 2 is 1.70 bits per heavy atom. The number of hydrogen-bond donors (Lipinski definition) is 1. The summed E-state index contributed by atoms with van der Waals surface area (Å²) in [5.74, 6) is 2.64. The number of halogens is 2. The van der Waals surface area contributed by atoms with Gasteiger partial charge in [-0.1, -0.05) is 41.9 Å². The Kier molecular flexibility index (Phi) is 9.08. The first kappa shape index (κ1) is 31.7. The first-order chi connectivity index (χ1) is 21.9. The average Bonchev–Trinajstić information content (AvgIpc) is 3.53. The molecule has 1 amide bonds. The molecule has 0 saturated carbocycles. The molecule has 11 heteroatoms. The molecule has 0 bridgehead atoms. The number of carbonyl (C=O) groups excluding carboxylic acids is 1. The number of H-pyrrole nitrogens is 1. The van der Waals surface area contributed by atoms with Gasteiger partial charge in [0.25, 0.3) is 5.91 Å². The van der Waals surface area contributed by atoms with E-state index in [9.17, 15) is 4.79 Å². The zero-order valence-electron chi connectivity index (χ0n) is 26.2. The maximum atomic E-state index is 13.0. The van der Waals surface area contributed by atoms with Crippen molar-refractivity contribution in [2.75, 3.05) is 39.8 Å². The van der Waals surface area contributed by atoms with Gasteiger partial charge in [0.2, 0.25) is 0 Å². The van der Waals surface area contributed by atoms with Gasteiger partial charge in [-0.15, -0.1) is 12.4 Å². The number of amidine groups is 1. The summed E-state index contributed by atoms with van der Waals surface area (Å²) in [5.41, 5.74) is 6.91. The molecule has 0 aliphatic carbocycles. The van der Waals surface area contributed by atoms with Gasteiger partial charge in [0, 0.05) is 67.8 Å². The van der Waals surface area contributed by atoms with Crippen molar-refractivity contribution in [3.8, 4) is 11.5 Å². The van der Waals surface area contributed by atoms with E-state index in [1.807, 2.05) is 79.5 Å². The molecule has 3 aromatic carbocycles. The van der Waals surface area contributed by atoms with Gasteiger partial charge in [-0.2, -0.15) is 0 Å². The van der Waals surface area contributed by atoms with Gasteiger partial charge in [-0.25, -0.2) is 9.98 Å². The summed E-state index contributed by atoms with van der Waals surface area (Å²) in [5, 5.41) is 1.75. The van der Waals surface area contributed by atoms with Crippen LogP contribution in [0.5, 0.6) is 11.5 Å². The van der Waals surface area contributed by atoms with Gasteiger partial charge >= 0.3 is 0 Å². The molecular weight excluding hydrogens is 621 g/mol. The minimum absolute atomic E-state index is 0. The van der Waals surface area contributed by atoms with E-state index in [4.69, 9.17) is 21.3 Å². The number of fused-ring (bicyclic) bond motifs is 5. The SMILES string of the molecule is CN1CCN(C2=Nc3ccccc3Oc3ccc(Cl)cc32)CC1.Cc1nc[nH]c1CN1CCc2c(c3ccccc3n2C)C1=O.Cl. The molecule has 1 fully saturated rings. The highest BCUT2D eigenvalue weighted by Gasteiger charge is 2.30. The zero-order chi connectivity index (χ0) is 31.1. The van der Waals surface area contributed by atoms with Gasteiger partial charge in [0.05, 0.1) is 35.4 Å². The Bertz CT molecular complexity index is 1920. The molecule has 1 saturated heterocycles. The van der Waals surface area contributed by atoms with Crippen LogP contribution in [0.3, 0.4) is 0 Å². The third-order valence-electron chi connectivity index (χ3n) is 8.93. The lowest BCUT2D eigenvalue weighted by atomic mass is 10.0. The molecular formula is C35H37Cl2N7O2. The van der Waals surface area contributed by atoms with Crippen molar-refractivity contribution in [2.24, 2.45) is 12.0 Å². The summed E-state index contributed by atoms with van der Waals surface area (Å²) in [7, 11) is 4.19. The lowest BCUT2D eigenvalue weighted by Crippen LogP contribution is -2.47. The topological polar surface area (TPSA) is 82.0 Å². The van der Waals surface area contributed by atoms with E-state index < -0.39 is 0 Å². The van der Waals surface area contributed by atoms with E-state index in [0.29, 0.717) is 11.6 Å². The number of aryl methyl sites for hydroxylation is 2. The van der Waals surface area contributed by atoms with Gasteiger partial charge in [-0.3, -0.25) is 4.79 Å². The number of aliphatic imine (C=N–C) groups is 1. The van der Waals surface area contributed by atoms with Crippen molar-refractivity contribution in [1.82, 2.24) is 29.2 Å². The summed E-state index contributed by atoms with van der Waals surface area (Å²) < 4.78 is 8.24. The Labute approximate surface area is 279 Å². The van der Waals surface area contributed by atoms with E-state index in [0.717, 1.165) is 101 Å². The van der Waals surface area contributed by atoms with Crippen LogP contribution in [0, 0.1) is 6.92 Å². The monoisotopic (exact) mass is 657 g/mol. The number of amides is 1. The van der Waals surface area contributed by atoms with E-state index in [1.165, 1.54) is 0 Å². The highest BCUT2D eigenvalue weighted by Crippen LogP contribution is 2.39. The quantitative estimate of drug-likeness (QED) is 0.231. The number of ether oxygens (including phenoxy) is 1. The van der Waals surface area contributed by atoms with Gasteiger partial charge < -0.3 is 29.0 Å². The fourth-order valence-electron chi connectivity index (χ4n) is 6.32. The normalized spacial score (nSPS) is 15.8. The zero-order valence-corrected chi connectivity index (χ0v) is 27.7.